The van der Waals surface area contributed by atoms with Gasteiger partial charge in [-0.15, -0.1) is 13.2 Å². The molecule has 1 spiro atoms. The Morgan fingerprint density at radius 2 is 1.67 bits per heavy atom. The van der Waals surface area contributed by atoms with E-state index >= 15 is 0 Å². The number of pyridine rings is 1. The van der Waals surface area contributed by atoms with Crippen molar-refractivity contribution >= 4 is 11.8 Å². The lowest BCUT2D eigenvalue weighted by atomic mass is 10.1. The van der Waals surface area contributed by atoms with Gasteiger partial charge in [-0.2, -0.15) is 0 Å². The largest absolute Gasteiger partial charge is 0.573 e. The SMILES string of the molecule is O=C(Cc1ccccn1)N1CCOC2(C1)CN(C(=O)c1ccc(OC(F)(F)F)cc1)CCO2. The smallest absolute Gasteiger partial charge is 0.406 e. The number of rotatable bonds is 4. The third kappa shape index (κ3) is 5.79. The molecular formula is C22H22F3N3O5. The Balaban J connectivity index is 1.40. The van der Waals surface area contributed by atoms with Crippen LogP contribution in [0.4, 0.5) is 13.2 Å². The monoisotopic (exact) mass is 465 g/mol. The zero-order chi connectivity index (χ0) is 23.5. The molecule has 1 aromatic heterocycles. The summed E-state index contributed by atoms with van der Waals surface area (Å²) < 4.78 is 52.6. The second-order valence-corrected chi connectivity index (χ2v) is 7.72. The van der Waals surface area contributed by atoms with Gasteiger partial charge in [0.1, 0.15) is 5.75 Å². The fourth-order valence-electron chi connectivity index (χ4n) is 3.84. The minimum atomic E-state index is -4.81. The number of hydrogen-bond acceptors (Lipinski definition) is 6. The normalized spacial score (nSPS) is 21.2. The summed E-state index contributed by atoms with van der Waals surface area (Å²) in [5, 5.41) is 0. The number of nitrogens with zero attached hydrogens (tertiary/aromatic N) is 3. The van der Waals surface area contributed by atoms with Crippen LogP contribution < -0.4 is 4.74 Å². The highest BCUT2D eigenvalue weighted by Crippen LogP contribution is 2.27. The van der Waals surface area contributed by atoms with Gasteiger partial charge in [-0.1, -0.05) is 6.07 Å². The molecule has 0 saturated carbocycles. The van der Waals surface area contributed by atoms with Gasteiger partial charge in [0.05, 0.1) is 32.7 Å². The molecule has 2 aliphatic heterocycles. The summed E-state index contributed by atoms with van der Waals surface area (Å²) in [5.74, 6) is -2.07. The van der Waals surface area contributed by atoms with Gasteiger partial charge in [0.25, 0.3) is 5.91 Å². The van der Waals surface area contributed by atoms with Crippen LogP contribution in [-0.2, 0) is 20.7 Å². The van der Waals surface area contributed by atoms with Crippen molar-refractivity contribution in [1.29, 1.82) is 0 Å². The molecule has 3 heterocycles. The molecule has 11 heteroatoms. The number of hydrogen-bond donors (Lipinski definition) is 0. The molecule has 1 atom stereocenters. The van der Waals surface area contributed by atoms with Crippen LogP contribution in [0, 0.1) is 0 Å². The fourth-order valence-corrected chi connectivity index (χ4v) is 3.84. The number of alkyl halides is 3. The molecule has 2 amide bonds. The van der Waals surface area contributed by atoms with Crippen molar-refractivity contribution in [3.05, 3.63) is 59.9 Å². The average Bonchev–Trinajstić information content (AvgIpc) is 2.79. The van der Waals surface area contributed by atoms with Gasteiger partial charge < -0.3 is 24.0 Å². The van der Waals surface area contributed by atoms with E-state index in [2.05, 4.69) is 9.72 Å². The summed E-state index contributed by atoms with van der Waals surface area (Å²) in [6.07, 6.45) is -3.04. The number of benzene rings is 1. The molecule has 2 saturated heterocycles. The number of carbonyl (C=O) groups is 2. The highest BCUT2D eigenvalue weighted by molar-refractivity contribution is 5.94. The van der Waals surface area contributed by atoms with Gasteiger partial charge in [-0.25, -0.2) is 0 Å². The predicted octanol–water partition coefficient (Wildman–Crippen LogP) is 2.25. The van der Waals surface area contributed by atoms with Crippen molar-refractivity contribution < 1.29 is 37.0 Å². The Bertz CT molecular complexity index is 983. The number of amides is 2. The Morgan fingerprint density at radius 3 is 2.30 bits per heavy atom. The molecule has 0 aliphatic carbocycles. The Hall–Kier alpha value is -3.18. The maximum absolute atomic E-state index is 12.9. The van der Waals surface area contributed by atoms with Crippen molar-refractivity contribution in [3.8, 4) is 5.75 Å². The van der Waals surface area contributed by atoms with Crippen molar-refractivity contribution in [1.82, 2.24) is 14.8 Å². The van der Waals surface area contributed by atoms with Crippen LogP contribution in [0.5, 0.6) is 5.75 Å². The third-order valence-electron chi connectivity index (χ3n) is 5.35. The average molecular weight is 465 g/mol. The van der Waals surface area contributed by atoms with Gasteiger partial charge >= 0.3 is 6.36 Å². The molecule has 1 unspecified atom stereocenters. The van der Waals surface area contributed by atoms with E-state index in [4.69, 9.17) is 9.47 Å². The molecule has 2 aromatic rings. The fraction of sp³-hybridized carbons (Fsp3) is 0.409. The summed E-state index contributed by atoms with van der Waals surface area (Å²) >= 11 is 0. The summed E-state index contributed by atoms with van der Waals surface area (Å²) in [4.78, 5) is 33.0. The number of morpholine rings is 2. The molecule has 0 bridgehead atoms. The molecule has 33 heavy (non-hydrogen) atoms. The van der Waals surface area contributed by atoms with E-state index in [9.17, 15) is 22.8 Å². The van der Waals surface area contributed by atoms with Crippen molar-refractivity contribution in [2.45, 2.75) is 18.6 Å². The van der Waals surface area contributed by atoms with E-state index in [1.165, 1.54) is 17.0 Å². The Labute approximate surface area is 187 Å². The molecule has 176 valence electrons. The highest BCUT2D eigenvalue weighted by Gasteiger charge is 2.44. The Kier molecular flexibility index (Phi) is 6.52. The quantitative estimate of drug-likeness (QED) is 0.689. The number of ether oxygens (including phenoxy) is 3. The van der Waals surface area contributed by atoms with Crippen LogP contribution in [-0.4, -0.2) is 78.1 Å². The predicted molar refractivity (Wildman–Crippen MR) is 108 cm³/mol. The molecule has 0 N–H and O–H groups in total. The van der Waals surface area contributed by atoms with Crippen molar-refractivity contribution in [2.24, 2.45) is 0 Å². The van der Waals surface area contributed by atoms with Crippen LogP contribution in [0.1, 0.15) is 16.1 Å². The standard InChI is InChI=1S/C22H22F3N3O5/c23-22(24,25)33-18-6-4-16(5-7-18)20(30)28-10-12-32-21(15-28)14-27(9-11-31-21)19(29)13-17-3-1-2-8-26-17/h1-8H,9-15H2. The molecule has 0 radical (unpaired) electrons. The van der Waals surface area contributed by atoms with E-state index in [0.29, 0.717) is 12.2 Å². The van der Waals surface area contributed by atoms with Gasteiger partial charge in [0.15, 0.2) is 0 Å². The molecule has 4 rings (SSSR count). The van der Waals surface area contributed by atoms with Crippen molar-refractivity contribution in [3.63, 3.8) is 0 Å². The minimum Gasteiger partial charge on any atom is -0.406 e. The zero-order valence-electron chi connectivity index (χ0n) is 17.6. The van der Waals surface area contributed by atoms with E-state index in [0.717, 1.165) is 12.1 Å². The number of carbonyl (C=O) groups excluding carboxylic acids is 2. The molecule has 8 nitrogen and oxygen atoms in total. The summed E-state index contributed by atoms with van der Waals surface area (Å²) in [6, 6.07) is 10.1. The first-order chi connectivity index (χ1) is 15.7. The minimum absolute atomic E-state index is 0.0833. The third-order valence-corrected chi connectivity index (χ3v) is 5.35. The van der Waals surface area contributed by atoms with Gasteiger partial charge in [-0.3, -0.25) is 14.6 Å². The number of aromatic nitrogens is 1. The van der Waals surface area contributed by atoms with Gasteiger partial charge in [0, 0.05) is 30.5 Å². The van der Waals surface area contributed by atoms with Crippen LogP contribution in [0.3, 0.4) is 0 Å². The van der Waals surface area contributed by atoms with E-state index in [1.54, 1.807) is 23.2 Å². The maximum Gasteiger partial charge on any atom is 0.573 e. The van der Waals surface area contributed by atoms with E-state index in [1.807, 2.05) is 6.07 Å². The lowest BCUT2D eigenvalue weighted by molar-refractivity contribution is -0.284. The van der Waals surface area contributed by atoms with Crippen LogP contribution >= 0.6 is 0 Å². The van der Waals surface area contributed by atoms with Crippen LogP contribution in [0.25, 0.3) is 0 Å². The van der Waals surface area contributed by atoms with E-state index < -0.39 is 17.9 Å². The topological polar surface area (TPSA) is 81.2 Å². The summed E-state index contributed by atoms with van der Waals surface area (Å²) in [7, 11) is 0. The Morgan fingerprint density at radius 1 is 1.00 bits per heavy atom. The van der Waals surface area contributed by atoms with E-state index in [-0.39, 0.29) is 56.6 Å². The molecule has 2 aliphatic rings. The first-order valence-corrected chi connectivity index (χ1v) is 10.3. The van der Waals surface area contributed by atoms with Gasteiger partial charge in [0.2, 0.25) is 11.7 Å². The van der Waals surface area contributed by atoms with Crippen LogP contribution in [0.2, 0.25) is 0 Å². The van der Waals surface area contributed by atoms with Crippen molar-refractivity contribution in [2.75, 3.05) is 39.4 Å². The maximum atomic E-state index is 12.9. The first kappa shape index (κ1) is 23.0. The zero-order valence-corrected chi connectivity index (χ0v) is 17.6. The second-order valence-electron chi connectivity index (χ2n) is 7.72. The lowest BCUT2D eigenvalue weighted by Crippen LogP contribution is -2.63. The lowest BCUT2D eigenvalue weighted by Gasteiger charge is -2.47. The first-order valence-electron chi connectivity index (χ1n) is 10.3. The number of halogens is 3. The van der Waals surface area contributed by atoms with Crippen LogP contribution in [0.15, 0.2) is 48.7 Å². The highest BCUT2D eigenvalue weighted by atomic mass is 19.4. The molecule has 1 aromatic carbocycles. The summed E-state index contributed by atoms with van der Waals surface area (Å²) in [6.45, 7) is 1.36. The molecule has 2 fully saturated rings. The van der Waals surface area contributed by atoms with Gasteiger partial charge in [-0.05, 0) is 36.4 Å². The second kappa shape index (κ2) is 9.36. The summed E-state index contributed by atoms with van der Waals surface area (Å²) in [5.41, 5.74) is 0.864. The molecular weight excluding hydrogens is 443 g/mol.